The van der Waals surface area contributed by atoms with E-state index < -0.39 is 30.7 Å². The third-order valence-corrected chi connectivity index (χ3v) is 7.09. The van der Waals surface area contributed by atoms with Crippen LogP contribution >= 0.6 is 0 Å². The molecule has 1 aliphatic rings. The van der Waals surface area contributed by atoms with Crippen molar-refractivity contribution in [3.8, 4) is 0 Å². The third kappa shape index (κ3) is 15.4. The quantitative estimate of drug-likeness (QED) is 0.154. The Morgan fingerprint density at radius 2 is 0.879 bits per heavy atom. The molecule has 0 radical (unpaired) electrons. The molecule has 0 aliphatic carbocycles. The van der Waals surface area contributed by atoms with E-state index in [-0.39, 0.29) is 0 Å². The Balaban J connectivity index is 1.76. The average molecular weight is 473 g/mol. The van der Waals surface area contributed by atoms with E-state index in [9.17, 15) is 15.3 Å². The Morgan fingerprint density at radius 1 is 0.515 bits per heavy atom. The molecule has 0 aromatic carbocycles. The standard InChI is InChI=1S/C28H56O5/c1-3-4-5-6-7-8-9-10-11-12-13-14-15-16-17-18-19-20-21-22-23-32-28-27(31)26(30)25(29)24(2)33-28/h24-31H,3-23H2,1-2H3/t24-,25-,26+,27+,28?/m0/s1. The molecule has 0 saturated carbocycles. The Morgan fingerprint density at radius 3 is 1.27 bits per heavy atom. The average Bonchev–Trinajstić information content (AvgIpc) is 2.81. The second-order valence-corrected chi connectivity index (χ2v) is 10.3. The summed E-state index contributed by atoms with van der Waals surface area (Å²) >= 11 is 0. The summed E-state index contributed by atoms with van der Waals surface area (Å²) in [6.07, 6.45) is 22.3. The van der Waals surface area contributed by atoms with Crippen LogP contribution in [-0.2, 0) is 9.47 Å². The Bertz CT molecular complexity index is 419. The molecule has 5 atom stereocenters. The van der Waals surface area contributed by atoms with E-state index in [4.69, 9.17) is 9.47 Å². The van der Waals surface area contributed by atoms with Gasteiger partial charge in [-0.15, -0.1) is 0 Å². The molecule has 1 fully saturated rings. The van der Waals surface area contributed by atoms with Gasteiger partial charge in [0, 0.05) is 6.61 Å². The zero-order valence-corrected chi connectivity index (χ0v) is 21.9. The minimum absolute atomic E-state index is 0.510. The van der Waals surface area contributed by atoms with Crippen LogP contribution in [0, 0.1) is 0 Å². The second kappa shape index (κ2) is 21.1. The van der Waals surface area contributed by atoms with Gasteiger partial charge in [0.2, 0.25) is 0 Å². The molecule has 0 spiro atoms. The molecule has 0 aromatic rings. The Hall–Kier alpha value is -0.200. The largest absolute Gasteiger partial charge is 0.388 e. The van der Waals surface area contributed by atoms with E-state index in [0.29, 0.717) is 6.61 Å². The zero-order valence-electron chi connectivity index (χ0n) is 21.9. The number of aliphatic hydroxyl groups is 3. The van der Waals surface area contributed by atoms with Gasteiger partial charge in [-0.1, -0.05) is 129 Å². The van der Waals surface area contributed by atoms with Crippen LogP contribution in [0.3, 0.4) is 0 Å². The molecule has 3 N–H and O–H groups in total. The Labute approximate surface area is 204 Å². The topological polar surface area (TPSA) is 79.2 Å². The van der Waals surface area contributed by atoms with Crippen molar-refractivity contribution in [2.75, 3.05) is 6.61 Å². The van der Waals surface area contributed by atoms with Crippen LogP contribution in [0.25, 0.3) is 0 Å². The van der Waals surface area contributed by atoms with Gasteiger partial charge in [-0.3, -0.25) is 0 Å². The lowest BCUT2D eigenvalue weighted by molar-refractivity contribution is -0.293. The molecular weight excluding hydrogens is 416 g/mol. The summed E-state index contributed by atoms with van der Waals surface area (Å²) in [6, 6.07) is 0. The minimum Gasteiger partial charge on any atom is -0.388 e. The van der Waals surface area contributed by atoms with Gasteiger partial charge >= 0.3 is 0 Å². The number of hydrogen-bond acceptors (Lipinski definition) is 5. The number of aliphatic hydroxyl groups excluding tert-OH is 3. The first-order chi connectivity index (χ1) is 16.1. The SMILES string of the molecule is CCCCCCCCCCCCCCCCCCCCCCOC1O[C@@H](C)[C@H](O)[C@@H](O)[C@H]1O. The molecule has 0 bridgehead atoms. The first-order valence-electron chi connectivity index (χ1n) is 14.4. The van der Waals surface area contributed by atoms with Crippen LogP contribution in [-0.4, -0.2) is 52.6 Å². The lowest BCUT2D eigenvalue weighted by Gasteiger charge is -2.38. The zero-order chi connectivity index (χ0) is 24.2. The third-order valence-electron chi connectivity index (χ3n) is 7.09. The van der Waals surface area contributed by atoms with Crippen molar-refractivity contribution in [3.05, 3.63) is 0 Å². The highest BCUT2D eigenvalue weighted by molar-refractivity contribution is 4.87. The van der Waals surface area contributed by atoms with E-state index in [1.54, 1.807) is 6.92 Å². The van der Waals surface area contributed by atoms with E-state index >= 15 is 0 Å². The normalized spacial score (nSPS) is 25.5. The van der Waals surface area contributed by atoms with Crippen molar-refractivity contribution in [1.29, 1.82) is 0 Å². The number of ether oxygens (including phenoxy) is 2. The van der Waals surface area contributed by atoms with Crippen LogP contribution in [0.4, 0.5) is 0 Å². The fraction of sp³-hybridized carbons (Fsp3) is 1.00. The first kappa shape index (κ1) is 30.8. The van der Waals surface area contributed by atoms with Crippen LogP contribution in [0.5, 0.6) is 0 Å². The highest BCUT2D eigenvalue weighted by Gasteiger charge is 2.42. The molecule has 33 heavy (non-hydrogen) atoms. The van der Waals surface area contributed by atoms with Crippen LogP contribution < -0.4 is 0 Å². The summed E-state index contributed by atoms with van der Waals surface area (Å²) in [5.41, 5.74) is 0. The molecule has 1 heterocycles. The van der Waals surface area contributed by atoms with E-state index in [2.05, 4.69) is 6.92 Å². The monoisotopic (exact) mass is 472 g/mol. The summed E-state index contributed by atoms with van der Waals surface area (Å²) in [5.74, 6) is 0. The fourth-order valence-corrected chi connectivity index (χ4v) is 4.71. The molecule has 1 unspecified atom stereocenters. The van der Waals surface area contributed by atoms with Crippen molar-refractivity contribution >= 4 is 0 Å². The summed E-state index contributed by atoms with van der Waals surface area (Å²) in [4.78, 5) is 0. The first-order valence-corrected chi connectivity index (χ1v) is 14.4. The van der Waals surface area contributed by atoms with Gasteiger partial charge in [0.05, 0.1) is 6.10 Å². The molecular formula is C28H56O5. The number of unbranched alkanes of at least 4 members (excludes halogenated alkanes) is 19. The number of hydrogen-bond donors (Lipinski definition) is 3. The number of rotatable bonds is 22. The predicted octanol–water partition coefficient (Wildman–Crippen LogP) is 6.65. The maximum atomic E-state index is 9.93. The maximum absolute atomic E-state index is 9.93. The van der Waals surface area contributed by atoms with Gasteiger partial charge in [-0.05, 0) is 13.3 Å². The molecule has 198 valence electrons. The van der Waals surface area contributed by atoms with Crippen LogP contribution in [0.2, 0.25) is 0 Å². The molecule has 5 heteroatoms. The van der Waals surface area contributed by atoms with Gasteiger partial charge in [0.25, 0.3) is 0 Å². The maximum Gasteiger partial charge on any atom is 0.186 e. The molecule has 1 saturated heterocycles. The molecule has 1 rings (SSSR count). The lowest BCUT2D eigenvalue weighted by atomic mass is 10.00. The van der Waals surface area contributed by atoms with Crippen molar-refractivity contribution in [2.24, 2.45) is 0 Å². The van der Waals surface area contributed by atoms with Gasteiger partial charge in [-0.2, -0.15) is 0 Å². The minimum atomic E-state index is -1.21. The van der Waals surface area contributed by atoms with Gasteiger partial charge < -0.3 is 24.8 Å². The smallest absolute Gasteiger partial charge is 0.186 e. The van der Waals surface area contributed by atoms with Crippen LogP contribution in [0.15, 0.2) is 0 Å². The van der Waals surface area contributed by atoms with Crippen LogP contribution in [0.1, 0.15) is 142 Å². The summed E-state index contributed by atoms with van der Waals surface area (Å²) in [6.45, 7) is 4.47. The lowest BCUT2D eigenvalue weighted by Crippen LogP contribution is -2.57. The molecule has 1 aliphatic heterocycles. The molecule has 0 amide bonds. The van der Waals surface area contributed by atoms with Gasteiger partial charge in [-0.25, -0.2) is 0 Å². The van der Waals surface area contributed by atoms with E-state index in [1.807, 2.05) is 0 Å². The van der Waals surface area contributed by atoms with Crippen molar-refractivity contribution in [1.82, 2.24) is 0 Å². The second-order valence-electron chi connectivity index (χ2n) is 10.3. The summed E-state index contributed by atoms with van der Waals surface area (Å²) in [5, 5.41) is 29.4. The van der Waals surface area contributed by atoms with Crippen molar-refractivity contribution in [3.63, 3.8) is 0 Å². The highest BCUT2D eigenvalue weighted by atomic mass is 16.7. The summed E-state index contributed by atoms with van der Waals surface area (Å²) in [7, 11) is 0. The summed E-state index contributed by atoms with van der Waals surface area (Å²) < 4.78 is 11.0. The van der Waals surface area contributed by atoms with Crippen molar-refractivity contribution < 1.29 is 24.8 Å². The fourth-order valence-electron chi connectivity index (χ4n) is 4.71. The van der Waals surface area contributed by atoms with E-state index in [0.717, 1.165) is 12.8 Å². The van der Waals surface area contributed by atoms with Crippen molar-refractivity contribution in [2.45, 2.75) is 173 Å². The predicted molar refractivity (Wildman–Crippen MR) is 136 cm³/mol. The molecule has 5 nitrogen and oxygen atoms in total. The van der Waals surface area contributed by atoms with E-state index in [1.165, 1.54) is 116 Å². The highest BCUT2D eigenvalue weighted by Crippen LogP contribution is 2.22. The Kier molecular flexibility index (Phi) is 19.7. The molecule has 0 aromatic heterocycles. The van der Waals surface area contributed by atoms with Gasteiger partial charge in [0.1, 0.15) is 18.3 Å². The van der Waals surface area contributed by atoms with Gasteiger partial charge in [0.15, 0.2) is 6.29 Å².